The molecular weight excluding hydrogens is 1010 g/mol. The Balaban J connectivity index is 1.28. The van der Waals surface area contributed by atoms with Crippen LogP contribution in [0.25, 0.3) is 111 Å². The molecule has 0 aliphatic rings. The first-order chi connectivity index (χ1) is 39.9. The molecule has 3 aromatic heterocycles. The highest BCUT2D eigenvalue weighted by Gasteiger charge is 2.25. The maximum Gasteiger partial charge on any atom is 0.0998 e. The molecule has 0 fully saturated rings. The molecule has 0 unspecified atom stereocenters. The van der Waals surface area contributed by atoms with E-state index >= 15 is 0 Å². The number of aryl methyl sites for hydroxylation is 2. The second-order valence-corrected chi connectivity index (χ2v) is 19.8. The first-order valence-corrected chi connectivity index (χ1v) is 25.5. The summed E-state index contributed by atoms with van der Waals surface area (Å²) in [6, 6.07) is 71.8. The van der Waals surface area contributed by atoms with Crippen LogP contribution in [0.3, 0.4) is 0 Å². The molecule has 0 aliphatic carbocycles. The molecule has 82 heavy (non-hydrogen) atoms. The molecule has 0 spiro atoms. The van der Waals surface area contributed by atoms with Crippen LogP contribution in [0.2, 0.25) is 0 Å². The van der Waals surface area contributed by atoms with Crippen LogP contribution in [0, 0.1) is 116 Å². The molecule has 9 aromatic carbocycles. The molecule has 0 amide bonds. The molecule has 0 saturated carbocycles. The van der Waals surface area contributed by atoms with Crippen molar-refractivity contribution in [3.63, 3.8) is 0 Å². The van der Waals surface area contributed by atoms with E-state index < -0.39 is 0 Å². The fraction of sp³-hybridized carbons (Fsp3) is 0.0286. The Labute approximate surface area is 469 Å². The predicted molar refractivity (Wildman–Crippen MR) is 312 cm³/mol. The van der Waals surface area contributed by atoms with Gasteiger partial charge in [0, 0.05) is 38.5 Å². The van der Waals surface area contributed by atoms with Crippen LogP contribution in [0.15, 0.2) is 170 Å². The Morgan fingerprint density at radius 3 is 0.793 bits per heavy atom. The Hall–Kier alpha value is -12.9. The lowest BCUT2D eigenvalue weighted by atomic mass is 9.97. The summed E-state index contributed by atoms with van der Waals surface area (Å²) < 4.78 is 4.23. The molecule has 12 rings (SSSR count). The van der Waals surface area contributed by atoms with Crippen LogP contribution in [0.1, 0.15) is 61.5 Å². The van der Waals surface area contributed by atoms with Gasteiger partial charge in [-0.25, -0.2) is 0 Å². The average Bonchev–Trinajstić information content (AvgIpc) is 4.26. The van der Waals surface area contributed by atoms with Crippen molar-refractivity contribution in [3.05, 3.63) is 231 Å². The van der Waals surface area contributed by atoms with E-state index in [4.69, 9.17) is 0 Å². The van der Waals surface area contributed by atoms with Crippen molar-refractivity contribution < 1.29 is 0 Å². The van der Waals surface area contributed by atoms with E-state index in [2.05, 4.69) is 68.7 Å². The average molecular weight is 1040 g/mol. The number of fused-ring (bicyclic) bond motifs is 6. The lowest BCUT2D eigenvalue weighted by Crippen LogP contribution is -2.06. The predicted octanol–water partition coefficient (Wildman–Crippen LogP) is 15.1. The van der Waals surface area contributed by atoms with E-state index in [9.17, 15) is 47.4 Å². The SMILES string of the molecule is Cc1cc(-c2cc(-n3c4cc(-c5cc(C#N)cc(C#N)c5)ccc4c4ccc(-c5cc(C#N)cc(C#N)c5)cc43)c(-n3c4cc(-c5cc(C#N)cc(C#N)c5)ccc4c4ccc(-c5cc(C#N)cc(C#N)c5)cc43)cc2C#N)cc(C)n1. The van der Waals surface area contributed by atoms with Gasteiger partial charge in [0.05, 0.1) is 138 Å². The quantitative estimate of drug-likeness (QED) is 0.146. The van der Waals surface area contributed by atoms with Crippen molar-refractivity contribution in [2.75, 3.05) is 0 Å². The normalized spacial score (nSPS) is 10.7. The summed E-state index contributed by atoms with van der Waals surface area (Å²) in [5.41, 5.74) is 15.0. The maximum absolute atomic E-state index is 11.4. The summed E-state index contributed by atoms with van der Waals surface area (Å²) >= 11 is 0. The minimum Gasteiger partial charge on any atom is -0.307 e. The molecule has 0 radical (unpaired) electrons. The Morgan fingerprint density at radius 1 is 0.268 bits per heavy atom. The molecule has 0 saturated heterocycles. The summed E-state index contributed by atoms with van der Waals surface area (Å²) in [6.07, 6.45) is 0. The Morgan fingerprint density at radius 2 is 0.537 bits per heavy atom. The summed E-state index contributed by atoms with van der Waals surface area (Å²) in [7, 11) is 0. The number of pyridine rings is 1. The third-order valence-corrected chi connectivity index (χ3v) is 14.7. The highest BCUT2D eigenvalue weighted by atomic mass is 15.1. The molecule has 3 heterocycles. The third kappa shape index (κ3) is 8.57. The van der Waals surface area contributed by atoms with Gasteiger partial charge in [0.15, 0.2) is 0 Å². The summed E-state index contributed by atoms with van der Waals surface area (Å²) in [5.74, 6) is 0. The highest BCUT2D eigenvalue weighted by molar-refractivity contribution is 6.14. The van der Waals surface area contributed by atoms with Crippen LogP contribution in [-0.2, 0) is 0 Å². The van der Waals surface area contributed by atoms with Gasteiger partial charge in [0.2, 0.25) is 0 Å². The number of hydrogen-bond donors (Lipinski definition) is 0. The molecule has 0 aliphatic heterocycles. The Bertz CT molecular complexity index is 4840. The van der Waals surface area contributed by atoms with Crippen LogP contribution < -0.4 is 0 Å². The van der Waals surface area contributed by atoms with Gasteiger partial charge in [-0.15, -0.1) is 0 Å². The molecule has 0 N–H and O–H groups in total. The van der Waals surface area contributed by atoms with Gasteiger partial charge in [-0.2, -0.15) is 47.4 Å². The molecule has 12 heteroatoms. The molecular formula is C70H34N12. The monoisotopic (exact) mass is 1040 g/mol. The van der Waals surface area contributed by atoms with Crippen molar-refractivity contribution in [3.8, 4) is 122 Å². The van der Waals surface area contributed by atoms with E-state index in [0.29, 0.717) is 134 Å². The molecule has 0 atom stereocenters. The molecule has 12 aromatic rings. The fourth-order valence-electron chi connectivity index (χ4n) is 11.2. The minimum atomic E-state index is 0.310. The zero-order chi connectivity index (χ0) is 56.9. The minimum absolute atomic E-state index is 0.310. The van der Waals surface area contributed by atoms with Gasteiger partial charge in [0.25, 0.3) is 0 Å². The van der Waals surface area contributed by atoms with Gasteiger partial charge >= 0.3 is 0 Å². The standard InChI is InChI=1S/C70H34N12/c1-40-11-58(12-41(2)80-40)64-30-70(82-67-27-52(56-21-46(35-75)15-47(22-56)36-76)5-9-62(67)63-10-6-53(28-68(63)82)57-23-48(37-77)16-49(24-57)38-78)69(29-59(64)39-79)81-65-25-50(54-17-42(31-71)13-43(18-54)32-72)3-7-60(65)61-8-4-51(26-66(61)81)55-19-44(33-73)14-45(20-55)34-74/h3-30H,1-2H3. The zero-order valence-electron chi connectivity index (χ0n) is 43.5. The number of aromatic nitrogens is 3. The van der Waals surface area contributed by atoms with Gasteiger partial charge in [-0.05, 0) is 185 Å². The summed E-state index contributed by atoms with van der Waals surface area (Å²) in [4.78, 5) is 4.69. The van der Waals surface area contributed by atoms with E-state index in [1.165, 1.54) is 12.1 Å². The van der Waals surface area contributed by atoms with Crippen molar-refractivity contribution in [2.24, 2.45) is 0 Å². The van der Waals surface area contributed by atoms with E-state index in [0.717, 1.165) is 38.5 Å². The van der Waals surface area contributed by atoms with E-state index in [1.54, 1.807) is 60.7 Å². The van der Waals surface area contributed by atoms with Crippen molar-refractivity contribution in [1.29, 1.82) is 47.4 Å². The van der Waals surface area contributed by atoms with E-state index in [1.807, 2.05) is 111 Å². The topological polar surface area (TPSA) is 237 Å². The largest absolute Gasteiger partial charge is 0.307 e. The summed E-state index contributed by atoms with van der Waals surface area (Å²) in [6.45, 7) is 3.80. The van der Waals surface area contributed by atoms with Gasteiger partial charge in [0.1, 0.15) is 0 Å². The molecule has 12 nitrogen and oxygen atoms in total. The maximum atomic E-state index is 11.4. The van der Waals surface area contributed by atoms with Gasteiger partial charge in [-0.3, -0.25) is 4.98 Å². The second kappa shape index (κ2) is 19.9. The van der Waals surface area contributed by atoms with Crippen molar-refractivity contribution >= 4 is 43.6 Å². The Kier molecular flexibility index (Phi) is 12.1. The smallest absolute Gasteiger partial charge is 0.0998 e. The lowest BCUT2D eigenvalue weighted by Gasteiger charge is -2.20. The van der Waals surface area contributed by atoms with Gasteiger partial charge < -0.3 is 9.13 Å². The van der Waals surface area contributed by atoms with Crippen LogP contribution in [0.4, 0.5) is 0 Å². The van der Waals surface area contributed by atoms with Crippen LogP contribution >= 0.6 is 0 Å². The zero-order valence-corrected chi connectivity index (χ0v) is 43.5. The number of benzene rings is 9. The van der Waals surface area contributed by atoms with Crippen molar-refractivity contribution in [2.45, 2.75) is 13.8 Å². The highest BCUT2D eigenvalue weighted by Crippen LogP contribution is 2.45. The number of nitriles is 9. The summed E-state index contributed by atoms with van der Waals surface area (Å²) in [5, 5.41) is 95.7. The second-order valence-electron chi connectivity index (χ2n) is 19.8. The molecule has 0 bridgehead atoms. The first-order valence-electron chi connectivity index (χ1n) is 25.5. The molecule has 374 valence electrons. The third-order valence-electron chi connectivity index (χ3n) is 14.7. The number of nitrogens with zero attached hydrogens (tertiary/aromatic N) is 12. The van der Waals surface area contributed by atoms with Crippen LogP contribution in [0.5, 0.6) is 0 Å². The number of rotatable bonds is 7. The first kappa shape index (κ1) is 50.0. The van der Waals surface area contributed by atoms with Crippen LogP contribution in [-0.4, -0.2) is 14.1 Å². The lowest BCUT2D eigenvalue weighted by molar-refractivity contribution is 1.09. The number of hydrogen-bond acceptors (Lipinski definition) is 10. The van der Waals surface area contributed by atoms with Gasteiger partial charge in [-0.1, -0.05) is 48.5 Å². The van der Waals surface area contributed by atoms with E-state index in [-0.39, 0.29) is 0 Å². The fourth-order valence-corrected chi connectivity index (χ4v) is 11.2. The van der Waals surface area contributed by atoms with Crippen molar-refractivity contribution in [1.82, 2.24) is 14.1 Å².